The summed E-state index contributed by atoms with van der Waals surface area (Å²) in [6.07, 6.45) is 0.706. The number of aromatic hydroxyl groups is 1. The first-order valence-corrected chi connectivity index (χ1v) is 4.75. The minimum absolute atomic E-state index is 0.0740. The SMILES string of the molecule is O=Cc1ccc(O)cc1-c1ccc(F)cc1. The summed E-state index contributed by atoms with van der Waals surface area (Å²) in [6.45, 7) is 0. The molecule has 2 aromatic rings. The molecule has 0 amide bonds. The molecular weight excluding hydrogens is 207 g/mol. The van der Waals surface area contributed by atoms with Gasteiger partial charge in [0.2, 0.25) is 0 Å². The van der Waals surface area contributed by atoms with E-state index in [9.17, 15) is 14.3 Å². The number of phenols is 1. The molecule has 0 spiro atoms. The van der Waals surface area contributed by atoms with Crippen molar-refractivity contribution in [2.24, 2.45) is 0 Å². The Kier molecular flexibility index (Phi) is 2.68. The molecule has 0 unspecified atom stereocenters. The van der Waals surface area contributed by atoms with Gasteiger partial charge < -0.3 is 5.11 Å². The molecule has 0 radical (unpaired) electrons. The van der Waals surface area contributed by atoms with Crippen molar-refractivity contribution in [3.8, 4) is 16.9 Å². The quantitative estimate of drug-likeness (QED) is 0.783. The number of carbonyl (C=O) groups is 1. The van der Waals surface area contributed by atoms with Crippen molar-refractivity contribution in [3.63, 3.8) is 0 Å². The maximum Gasteiger partial charge on any atom is 0.150 e. The summed E-state index contributed by atoms with van der Waals surface area (Å²) in [6, 6.07) is 10.2. The molecule has 0 saturated heterocycles. The Hall–Kier alpha value is -2.16. The molecule has 1 N–H and O–H groups in total. The molecule has 2 nitrogen and oxygen atoms in total. The summed E-state index contributed by atoms with van der Waals surface area (Å²) in [4.78, 5) is 10.8. The number of rotatable bonds is 2. The van der Waals surface area contributed by atoms with Crippen LogP contribution in [0.3, 0.4) is 0 Å². The number of benzene rings is 2. The summed E-state index contributed by atoms with van der Waals surface area (Å²) in [5, 5.41) is 9.36. The van der Waals surface area contributed by atoms with Crippen molar-refractivity contribution >= 4 is 6.29 Å². The lowest BCUT2D eigenvalue weighted by Gasteiger charge is -2.05. The Balaban J connectivity index is 2.57. The number of aldehydes is 1. The molecule has 0 aliphatic heterocycles. The van der Waals surface area contributed by atoms with Crippen molar-refractivity contribution < 1.29 is 14.3 Å². The standard InChI is InChI=1S/C13H9FO2/c14-11-4-1-9(2-5-11)13-7-12(16)6-3-10(13)8-15/h1-8,16H. The molecule has 0 fully saturated rings. The average Bonchev–Trinajstić information content (AvgIpc) is 2.30. The number of carbonyl (C=O) groups excluding carboxylic acids is 1. The lowest BCUT2D eigenvalue weighted by molar-refractivity contribution is 0.112. The number of hydrogen-bond acceptors (Lipinski definition) is 2. The Bertz CT molecular complexity index is 518. The van der Waals surface area contributed by atoms with Crippen LogP contribution >= 0.6 is 0 Å². The predicted octanol–water partition coefficient (Wildman–Crippen LogP) is 3.01. The molecule has 2 aromatic carbocycles. The highest BCUT2D eigenvalue weighted by molar-refractivity contribution is 5.88. The van der Waals surface area contributed by atoms with Crippen molar-refractivity contribution in [1.29, 1.82) is 0 Å². The van der Waals surface area contributed by atoms with Gasteiger partial charge in [-0.2, -0.15) is 0 Å². The zero-order valence-corrected chi connectivity index (χ0v) is 8.35. The lowest BCUT2D eigenvalue weighted by Crippen LogP contribution is -1.87. The van der Waals surface area contributed by atoms with E-state index >= 15 is 0 Å². The monoisotopic (exact) mass is 216 g/mol. The fourth-order valence-electron chi connectivity index (χ4n) is 1.53. The Labute approximate surface area is 92.0 Å². The molecule has 0 saturated carbocycles. The second-order valence-corrected chi connectivity index (χ2v) is 3.40. The first-order valence-electron chi connectivity index (χ1n) is 4.75. The third-order valence-electron chi connectivity index (χ3n) is 2.32. The van der Waals surface area contributed by atoms with Gasteiger partial charge in [-0.15, -0.1) is 0 Å². The van der Waals surface area contributed by atoms with Gasteiger partial charge in [-0.1, -0.05) is 12.1 Å². The van der Waals surface area contributed by atoms with E-state index in [0.717, 1.165) is 0 Å². The molecule has 3 heteroatoms. The summed E-state index contributed by atoms with van der Waals surface area (Å²) >= 11 is 0. The van der Waals surface area contributed by atoms with Crippen LogP contribution < -0.4 is 0 Å². The van der Waals surface area contributed by atoms with E-state index in [4.69, 9.17) is 0 Å². The lowest BCUT2D eigenvalue weighted by atomic mass is 10.00. The van der Waals surface area contributed by atoms with Gasteiger partial charge in [-0.05, 0) is 41.5 Å². The van der Waals surface area contributed by atoms with Gasteiger partial charge in [-0.3, -0.25) is 4.79 Å². The molecule has 0 heterocycles. The van der Waals surface area contributed by atoms with Crippen LogP contribution in [-0.4, -0.2) is 11.4 Å². The van der Waals surface area contributed by atoms with E-state index in [-0.39, 0.29) is 11.6 Å². The van der Waals surface area contributed by atoms with Crippen LogP contribution in [0.4, 0.5) is 4.39 Å². The molecule has 2 rings (SSSR count). The fourth-order valence-corrected chi connectivity index (χ4v) is 1.53. The normalized spacial score (nSPS) is 10.1. The van der Waals surface area contributed by atoms with Crippen molar-refractivity contribution in [2.75, 3.05) is 0 Å². The van der Waals surface area contributed by atoms with Crippen LogP contribution in [0.5, 0.6) is 5.75 Å². The van der Waals surface area contributed by atoms with Crippen LogP contribution in [0.2, 0.25) is 0 Å². The van der Waals surface area contributed by atoms with E-state index in [0.29, 0.717) is 23.0 Å². The predicted molar refractivity (Wildman–Crippen MR) is 58.9 cm³/mol. The molecule has 0 aliphatic rings. The molecule has 0 bridgehead atoms. The number of halogens is 1. The maximum atomic E-state index is 12.7. The van der Waals surface area contributed by atoms with E-state index in [2.05, 4.69) is 0 Å². The van der Waals surface area contributed by atoms with Crippen LogP contribution in [0.1, 0.15) is 10.4 Å². The van der Waals surface area contributed by atoms with E-state index in [1.807, 2.05) is 0 Å². The Morgan fingerprint density at radius 2 is 1.75 bits per heavy atom. The third-order valence-corrected chi connectivity index (χ3v) is 2.32. The van der Waals surface area contributed by atoms with Crippen LogP contribution in [0, 0.1) is 5.82 Å². The highest BCUT2D eigenvalue weighted by Gasteiger charge is 2.05. The second-order valence-electron chi connectivity index (χ2n) is 3.40. The van der Waals surface area contributed by atoms with E-state index in [1.54, 1.807) is 12.1 Å². The van der Waals surface area contributed by atoms with Gasteiger partial charge in [0.25, 0.3) is 0 Å². The van der Waals surface area contributed by atoms with Gasteiger partial charge in [0.15, 0.2) is 6.29 Å². The smallest absolute Gasteiger partial charge is 0.150 e. The highest BCUT2D eigenvalue weighted by Crippen LogP contribution is 2.26. The first kappa shape index (κ1) is 10.4. The van der Waals surface area contributed by atoms with Gasteiger partial charge in [-0.25, -0.2) is 4.39 Å². The minimum Gasteiger partial charge on any atom is -0.508 e. The molecule has 16 heavy (non-hydrogen) atoms. The van der Waals surface area contributed by atoms with E-state index in [1.165, 1.54) is 30.3 Å². The molecule has 0 aromatic heterocycles. The third kappa shape index (κ3) is 1.93. The topological polar surface area (TPSA) is 37.3 Å². The highest BCUT2D eigenvalue weighted by atomic mass is 19.1. The molecule has 80 valence electrons. The maximum absolute atomic E-state index is 12.7. The number of phenolic OH excluding ortho intramolecular Hbond substituents is 1. The zero-order chi connectivity index (χ0) is 11.5. The minimum atomic E-state index is -0.337. The molecule has 0 aliphatic carbocycles. The summed E-state index contributed by atoms with van der Waals surface area (Å²) in [5.74, 6) is -0.263. The Morgan fingerprint density at radius 1 is 1.06 bits per heavy atom. The largest absolute Gasteiger partial charge is 0.508 e. The Morgan fingerprint density at radius 3 is 2.38 bits per heavy atom. The first-order chi connectivity index (χ1) is 7.70. The van der Waals surface area contributed by atoms with Gasteiger partial charge in [0.05, 0.1) is 0 Å². The van der Waals surface area contributed by atoms with Gasteiger partial charge >= 0.3 is 0 Å². The van der Waals surface area contributed by atoms with Crippen molar-refractivity contribution in [3.05, 3.63) is 53.8 Å². The van der Waals surface area contributed by atoms with Crippen molar-refractivity contribution in [1.82, 2.24) is 0 Å². The van der Waals surface area contributed by atoms with Gasteiger partial charge in [0, 0.05) is 5.56 Å². The second kappa shape index (κ2) is 4.14. The van der Waals surface area contributed by atoms with Crippen LogP contribution in [0.15, 0.2) is 42.5 Å². The summed E-state index contributed by atoms with van der Waals surface area (Å²) in [5.41, 5.74) is 1.75. The van der Waals surface area contributed by atoms with Gasteiger partial charge in [0.1, 0.15) is 11.6 Å². The van der Waals surface area contributed by atoms with Crippen LogP contribution in [-0.2, 0) is 0 Å². The fraction of sp³-hybridized carbons (Fsp3) is 0. The molecular formula is C13H9FO2. The average molecular weight is 216 g/mol. The summed E-state index contributed by atoms with van der Waals surface area (Å²) < 4.78 is 12.7. The van der Waals surface area contributed by atoms with E-state index < -0.39 is 0 Å². The van der Waals surface area contributed by atoms with Crippen LogP contribution in [0.25, 0.3) is 11.1 Å². The number of hydrogen-bond donors (Lipinski definition) is 1. The zero-order valence-electron chi connectivity index (χ0n) is 8.35. The van der Waals surface area contributed by atoms with Crippen molar-refractivity contribution in [2.45, 2.75) is 0 Å². The summed E-state index contributed by atoms with van der Waals surface area (Å²) in [7, 11) is 0. The molecule has 0 atom stereocenters.